The number of halogens is 2. The van der Waals surface area contributed by atoms with Crippen molar-refractivity contribution in [3.05, 3.63) is 79.7 Å². The van der Waals surface area contributed by atoms with Gasteiger partial charge in [0.15, 0.2) is 0 Å². The van der Waals surface area contributed by atoms with Gasteiger partial charge in [0.05, 0.1) is 6.54 Å². The number of hydrogen-bond acceptors (Lipinski definition) is 4. The van der Waals surface area contributed by atoms with Gasteiger partial charge in [-0.1, -0.05) is 36.7 Å². The second kappa shape index (κ2) is 8.39. The number of para-hydroxylation sites is 1. The maximum absolute atomic E-state index is 13.5. The summed E-state index contributed by atoms with van der Waals surface area (Å²) in [6.45, 7) is 1.85. The predicted molar refractivity (Wildman–Crippen MR) is 116 cm³/mol. The zero-order chi connectivity index (χ0) is 22.1. The van der Waals surface area contributed by atoms with Crippen LogP contribution in [0, 0.1) is 5.82 Å². The van der Waals surface area contributed by atoms with Crippen LogP contribution in [0.3, 0.4) is 0 Å². The zero-order valence-electron chi connectivity index (χ0n) is 16.7. The van der Waals surface area contributed by atoms with Gasteiger partial charge in [0.2, 0.25) is 11.5 Å². The Morgan fingerprint density at radius 3 is 2.68 bits per heavy atom. The molecule has 0 bridgehead atoms. The molecule has 4 aromatic rings. The van der Waals surface area contributed by atoms with E-state index >= 15 is 0 Å². The number of rotatable bonds is 6. The van der Waals surface area contributed by atoms with Crippen LogP contribution in [0.5, 0.6) is 0 Å². The topological polar surface area (TPSA) is 86.2 Å². The molecule has 0 spiro atoms. The fraction of sp³-hybridized carbons (Fsp3) is 0.227. The molecule has 0 saturated carbocycles. The molecule has 7 nitrogen and oxygen atoms in total. The molecule has 0 radical (unpaired) electrons. The number of nitrogens with one attached hydrogen (secondary N) is 1. The third-order valence-corrected chi connectivity index (χ3v) is 5.31. The van der Waals surface area contributed by atoms with E-state index < -0.39 is 29.5 Å². The number of carbonyl (C=O) groups is 1. The Hall–Kier alpha value is -3.39. The Kier molecular flexibility index (Phi) is 5.65. The standard InChI is InChI=1S/C22H19ClFN3O4/c1-2-9-25-18(28)12-27-21(29)20-19(15-5-3-4-6-17(15)31-20)26(22(27)30)11-13-7-8-14(24)10-16(13)23/h3-8,10H,2,9,11-12H2,1H3,(H,25,28). The Bertz CT molecular complexity index is 1420. The average Bonchev–Trinajstić information content (AvgIpc) is 3.14. The van der Waals surface area contributed by atoms with Crippen LogP contribution in [0.25, 0.3) is 22.1 Å². The molecule has 0 fully saturated rings. The quantitative estimate of drug-likeness (QED) is 0.495. The van der Waals surface area contributed by atoms with Crippen molar-refractivity contribution in [2.75, 3.05) is 6.54 Å². The van der Waals surface area contributed by atoms with E-state index in [-0.39, 0.29) is 17.2 Å². The number of aromatic nitrogens is 2. The van der Waals surface area contributed by atoms with Crippen molar-refractivity contribution in [2.24, 2.45) is 0 Å². The highest BCUT2D eigenvalue weighted by molar-refractivity contribution is 6.31. The number of hydrogen-bond donors (Lipinski definition) is 1. The molecule has 160 valence electrons. The summed E-state index contributed by atoms with van der Waals surface area (Å²) >= 11 is 6.18. The molecule has 0 aliphatic rings. The van der Waals surface area contributed by atoms with Crippen LogP contribution in [0.15, 0.2) is 56.5 Å². The molecule has 0 aliphatic carbocycles. The van der Waals surface area contributed by atoms with Gasteiger partial charge < -0.3 is 9.73 Å². The van der Waals surface area contributed by atoms with Gasteiger partial charge >= 0.3 is 5.69 Å². The van der Waals surface area contributed by atoms with Crippen LogP contribution >= 0.6 is 11.6 Å². The third-order valence-electron chi connectivity index (χ3n) is 4.96. The molecule has 0 unspecified atom stereocenters. The molecule has 4 rings (SSSR count). The molecule has 1 amide bonds. The van der Waals surface area contributed by atoms with Gasteiger partial charge in [0.25, 0.3) is 5.56 Å². The number of furan rings is 1. The second-order valence-corrected chi connectivity index (χ2v) is 7.53. The van der Waals surface area contributed by atoms with E-state index in [0.717, 1.165) is 17.1 Å². The van der Waals surface area contributed by atoms with Crippen LogP contribution in [0.4, 0.5) is 4.39 Å². The summed E-state index contributed by atoms with van der Waals surface area (Å²) in [6, 6.07) is 10.8. The van der Waals surface area contributed by atoms with Gasteiger partial charge in [-0.2, -0.15) is 0 Å². The van der Waals surface area contributed by atoms with Crippen LogP contribution in [-0.4, -0.2) is 21.6 Å². The minimum absolute atomic E-state index is 0.0329. The van der Waals surface area contributed by atoms with E-state index in [4.69, 9.17) is 16.0 Å². The maximum atomic E-state index is 13.5. The van der Waals surface area contributed by atoms with Gasteiger partial charge in [-0.05, 0) is 36.2 Å². The highest BCUT2D eigenvalue weighted by Gasteiger charge is 2.21. The number of fused-ring (bicyclic) bond motifs is 3. The lowest BCUT2D eigenvalue weighted by Crippen LogP contribution is -2.43. The van der Waals surface area contributed by atoms with Crippen molar-refractivity contribution >= 4 is 39.6 Å². The Morgan fingerprint density at radius 1 is 1.16 bits per heavy atom. The SMILES string of the molecule is CCCNC(=O)Cn1c(=O)c2oc3ccccc3c2n(Cc2ccc(F)cc2Cl)c1=O. The molecule has 0 atom stereocenters. The van der Waals surface area contributed by atoms with Crippen molar-refractivity contribution < 1.29 is 13.6 Å². The lowest BCUT2D eigenvalue weighted by Gasteiger charge is -2.13. The highest BCUT2D eigenvalue weighted by atomic mass is 35.5. The average molecular weight is 444 g/mol. The molecular formula is C22H19ClFN3O4. The van der Waals surface area contributed by atoms with E-state index in [1.165, 1.54) is 16.7 Å². The fourth-order valence-corrected chi connectivity index (χ4v) is 3.69. The second-order valence-electron chi connectivity index (χ2n) is 7.12. The first-order valence-corrected chi connectivity index (χ1v) is 10.1. The van der Waals surface area contributed by atoms with Crippen LogP contribution < -0.4 is 16.6 Å². The molecule has 2 heterocycles. The lowest BCUT2D eigenvalue weighted by molar-refractivity contribution is -0.121. The molecule has 2 aromatic heterocycles. The summed E-state index contributed by atoms with van der Waals surface area (Å²) in [6.07, 6.45) is 0.719. The van der Waals surface area contributed by atoms with Crippen molar-refractivity contribution in [1.82, 2.24) is 14.5 Å². The minimum Gasteiger partial charge on any atom is -0.449 e. The number of benzene rings is 2. The van der Waals surface area contributed by atoms with Gasteiger partial charge in [-0.25, -0.2) is 13.8 Å². The van der Waals surface area contributed by atoms with E-state index in [0.29, 0.717) is 28.6 Å². The van der Waals surface area contributed by atoms with E-state index in [1.807, 2.05) is 6.92 Å². The number of carbonyl (C=O) groups excluding carboxylic acids is 1. The Morgan fingerprint density at radius 2 is 1.94 bits per heavy atom. The molecule has 0 saturated heterocycles. The molecule has 1 N–H and O–H groups in total. The summed E-state index contributed by atoms with van der Waals surface area (Å²) < 4.78 is 21.4. The first kappa shape index (κ1) is 20.9. The normalized spacial score (nSPS) is 11.3. The highest BCUT2D eigenvalue weighted by Crippen LogP contribution is 2.27. The monoisotopic (exact) mass is 443 g/mol. The zero-order valence-corrected chi connectivity index (χ0v) is 17.4. The predicted octanol–water partition coefficient (Wildman–Crippen LogP) is 3.28. The lowest BCUT2D eigenvalue weighted by atomic mass is 10.2. The molecule has 2 aromatic carbocycles. The molecule has 31 heavy (non-hydrogen) atoms. The van der Waals surface area contributed by atoms with Crippen molar-refractivity contribution in [3.63, 3.8) is 0 Å². The summed E-state index contributed by atoms with van der Waals surface area (Å²) in [7, 11) is 0. The van der Waals surface area contributed by atoms with Crippen molar-refractivity contribution in [1.29, 1.82) is 0 Å². The first-order valence-electron chi connectivity index (χ1n) is 9.76. The van der Waals surface area contributed by atoms with E-state index in [9.17, 15) is 18.8 Å². The molecule has 9 heteroatoms. The van der Waals surface area contributed by atoms with Crippen LogP contribution in [0.2, 0.25) is 5.02 Å². The van der Waals surface area contributed by atoms with Crippen LogP contribution in [0.1, 0.15) is 18.9 Å². The smallest absolute Gasteiger partial charge is 0.332 e. The molecular weight excluding hydrogens is 425 g/mol. The fourth-order valence-electron chi connectivity index (χ4n) is 3.47. The van der Waals surface area contributed by atoms with Gasteiger partial charge in [0.1, 0.15) is 23.5 Å². The summed E-state index contributed by atoms with van der Waals surface area (Å²) in [4.78, 5) is 38.6. The van der Waals surface area contributed by atoms with Crippen molar-refractivity contribution in [2.45, 2.75) is 26.4 Å². The Balaban J connectivity index is 1.96. The summed E-state index contributed by atoms with van der Waals surface area (Å²) in [5.41, 5.74) is -0.197. The summed E-state index contributed by atoms with van der Waals surface area (Å²) in [5.74, 6) is -0.958. The van der Waals surface area contributed by atoms with Gasteiger partial charge in [0, 0.05) is 17.0 Å². The van der Waals surface area contributed by atoms with Gasteiger partial charge in [-0.15, -0.1) is 0 Å². The van der Waals surface area contributed by atoms with E-state index in [2.05, 4.69) is 5.32 Å². The van der Waals surface area contributed by atoms with Gasteiger partial charge in [-0.3, -0.25) is 14.2 Å². The molecule has 0 aliphatic heterocycles. The largest absolute Gasteiger partial charge is 0.449 e. The maximum Gasteiger partial charge on any atom is 0.332 e. The van der Waals surface area contributed by atoms with Crippen molar-refractivity contribution in [3.8, 4) is 0 Å². The van der Waals surface area contributed by atoms with E-state index in [1.54, 1.807) is 24.3 Å². The number of amides is 1. The van der Waals surface area contributed by atoms with Crippen LogP contribution in [-0.2, 0) is 17.9 Å². The first-order chi connectivity index (χ1) is 14.9. The number of nitrogens with zero attached hydrogens (tertiary/aromatic N) is 2. The third kappa shape index (κ3) is 3.86. The summed E-state index contributed by atoms with van der Waals surface area (Å²) in [5, 5.41) is 3.38. The minimum atomic E-state index is -0.690. The Labute approximate surface area is 180 Å².